The molecule has 1 aliphatic carbocycles. The zero-order valence-electron chi connectivity index (χ0n) is 7.26. The van der Waals surface area contributed by atoms with Gasteiger partial charge in [0.1, 0.15) is 0 Å². The van der Waals surface area contributed by atoms with E-state index >= 15 is 0 Å². The first-order chi connectivity index (χ1) is 5.72. The van der Waals surface area contributed by atoms with Crippen LogP contribution in [-0.2, 0) is 4.79 Å². The topological polar surface area (TPSA) is 29.1 Å². The fourth-order valence-electron chi connectivity index (χ4n) is 1.13. The van der Waals surface area contributed by atoms with Crippen molar-refractivity contribution in [2.45, 2.75) is 19.8 Å². The minimum absolute atomic E-state index is 0.146. The lowest BCUT2D eigenvalue weighted by molar-refractivity contribution is -0.115. The predicted molar refractivity (Wildman–Crippen MR) is 49.4 cm³/mol. The SMILES string of the molecule is C=CC(=O)NC1=CCCC(C)=C1. The third-order valence-electron chi connectivity index (χ3n) is 1.76. The molecule has 1 N–H and O–H groups in total. The molecule has 0 saturated heterocycles. The van der Waals surface area contributed by atoms with Gasteiger partial charge < -0.3 is 5.32 Å². The molecule has 0 saturated carbocycles. The molecule has 0 heterocycles. The normalized spacial score (nSPS) is 16.1. The van der Waals surface area contributed by atoms with Crippen molar-refractivity contribution < 1.29 is 4.79 Å². The molecule has 0 aliphatic heterocycles. The van der Waals surface area contributed by atoms with Gasteiger partial charge in [0, 0.05) is 5.70 Å². The van der Waals surface area contributed by atoms with Gasteiger partial charge in [0.2, 0.25) is 5.91 Å². The minimum atomic E-state index is -0.146. The number of hydrogen-bond acceptors (Lipinski definition) is 1. The first-order valence-electron chi connectivity index (χ1n) is 4.03. The number of hydrogen-bond donors (Lipinski definition) is 1. The number of amides is 1. The molecular formula is C10H13NO. The molecule has 0 aromatic carbocycles. The van der Waals surface area contributed by atoms with Gasteiger partial charge in [-0.2, -0.15) is 0 Å². The summed E-state index contributed by atoms with van der Waals surface area (Å²) in [5.41, 5.74) is 2.19. The molecule has 0 spiro atoms. The van der Waals surface area contributed by atoms with E-state index in [0.717, 1.165) is 18.5 Å². The fraction of sp³-hybridized carbons (Fsp3) is 0.300. The maximum Gasteiger partial charge on any atom is 0.247 e. The summed E-state index contributed by atoms with van der Waals surface area (Å²) in [6.07, 6.45) is 7.39. The van der Waals surface area contributed by atoms with E-state index in [0.29, 0.717) is 0 Å². The van der Waals surface area contributed by atoms with Gasteiger partial charge in [-0.05, 0) is 31.9 Å². The quantitative estimate of drug-likeness (QED) is 0.619. The fourth-order valence-corrected chi connectivity index (χ4v) is 1.13. The summed E-state index contributed by atoms with van der Waals surface area (Å²) in [5.74, 6) is -0.146. The highest BCUT2D eigenvalue weighted by molar-refractivity contribution is 5.88. The Balaban J connectivity index is 2.58. The van der Waals surface area contributed by atoms with Crippen molar-refractivity contribution in [3.05, 3.63) is 36.1 Å². The maximum atomic E-state index is 10.9. The van der Waals surface area contributed by atoms with Gasteiger partial charge in [-0.15, -0.1) is 0 Å². The molecule has 0 radical (unpaired) electrons. The highest BCUT2D eigenvalue weighted by Crippen LogP contribution is 2.14. The predicted octanol–water partition coefficient (Wildman–Crippen LogP) is 1.91. The molecule has 1 amide bonds. The lowest BCUT2D eigenvalue weighted by atomic mass is 10.0. The zero-order chi connectivity index (χ0) is 8.97. The van der Waals surface area contributed by atoms with Crippen LogP contribution in [0.4, 0.5) is 0 Å². The van der Waals surface area contributed by atoms with E-state index in [1.807, 2.05) is 12.2 Å². The Morgan fingerprint density at radius 1 is 1.75 bits per heavy atom. The summed E-state index contributed by atoms with van der Waals surface area (Å²) in [4.78, 5) is 10.9. The highest BCUT2D eigenvalue weighted by Gasteiger charge is 2.02. The first kappa shape index (κ1) is 8.78. The van der Waals surface area contributed by atoms with Crippen LogP contribution in [0.1, 0.15) is 19.8 Å². The molecule has 64 valence electrons. The Kier molecular flexibility index (Phi) is 2.86. The second kappa shape index (κ2) is 3.90. The second-order valence-corrected chi connectivity index (χ2v) is 2.88. The second-order valence-electron chi connectivity index (χ2n) is 2.88. The van der Waals surface area contributed by atoms with Crippen molar-refractivity contribution in [1.82, 2.24) is 5.32 Å². The molecule has 1 rings (SSSR count). The van der Waals surface area contributed by atoms with E-state index in [2.05, 4.69) is 18.8 Å². The number of nitrogens with one attached hydrogen (secondary N) is 1. The lowest BCUT2D eigenvalue weighted by Gasteiger charge is -2.10. The summed E-state index contributed by atoms with van der Waals surface area (Å²) < 4.78 is 0. The van der Waals surface area contributed by atoms with E-state index in [-0.39, 0.29) is 5.91 Å². The third kappa shape index (κ3) is 2.38. The summed E-state index contributed by atoms with van der Waals surface area (Å²) in [6, 6.07) is 0. The van der Waals surface area contributed by atoms with Gasteiger partial charge in [0.05, 0.1) is 0 Å². The maximum absolute atomic E-state index is 10.9. The van der Waals surface area contributed by atoms with Gasteiger partial charge >= 0.3 is 0 Å². The Labute approximate surface area is 72.7 Å². The van der Waals surface area contributed by atoms with Gasteiger partial charge in [-0.3, -0.25) is 4.79 Å². The first-order valence-corrected chi connectivity index (χ1v) is 4.03. The van der Waals surface area contributed by atoms with E-state index in [9.17, 15) is 4.79 Å². The van der Waals surface area contributed by atoms with Crippen molar-refractivity contribution in [2.75, 3.05) is 0 Å². The third-order valence-corrected chi connectivity index (χ3v) is 1.76. The van der Waals surface area contributed by atoms with Crippen LogP contribution in [0.15, 0.2) is 36.1 Å². The molecule has 0 atom stereocenters. The Hall–Kier alpha value is -1.31. The van der Waals surface area contributed by atoms with Gasteiger partial charge in [-0.1, -0.05) is 18.2 Å². The molecule has 1 aliphatic rings. The Morgan fingerprint density at radius 3 is 3.08 bits per heavy atom. The van der Waals surface area contributed by atoms with E-state index in [4.69, 9.17) is 0 Å². The van der Waals surface area contributed by atoms with Gasteiger partial charge in [0.15, 0.2) is 0 Å². The summed E-state index contributed by atoms with van der Waals surface area (Å²) in [5, 5.41) is 2.73. The van der Waals surface area contributed by atoms with Gasteiger partial charge in [-0.25, -0.2) is 0 Å². The van der Waals surface area contributed by atoms with Crippen molar-refractivity contribution in [3.8, 4) is 0 Å². The van der Waals surface area contributed by atoms with Crippen LogP contribution in [0.3, 0.4) is 0 Å². The van der Waals surface area contributed by atoms with Crippen LogP contribution in [0.5, 0.6) is 0 Å². The summed E-state index contributed by atoms with van der Waals surface area (Å²) >= 11 is 0. The van der Waals surface area contributed by atoms with Crippen LogP contribution in [0, 0.1) is 0 Å². The number of allylic oxidation sites excluding steroid dienone is 3. The largest absolute Gasteiger partial charge is 0.323 e. The average molecular weight is 163 g/mol. The van der Waals surface area contributed by atoms with E-state index in [1.165, 1.54) is 11.6 Å². The molecule has 0 unspecified atom stereocenters. The van der Waals surface area contributed by atoms with Crippen LogP contribution in [0.2, 0.25) is 0 Å². The molecule has 12 heavy (non-hydrogen) atoms. The minimum Gasteiger partial charge on any atom is -0.323 e. The van der Waals surface area contributed by atoms with Crippen molar-refractivity contribution in [1.29, 1.82) is 0 Å². The Bertz CT molecular complexity index is 261. The molecule has 2 nitrogen and oxygen atoms in total. The van der Waals surface area contributed by atoms with Gasteiger partial charge in [0.25, 0.3) is 0 Å². The molecule has 0 aromatic rings. The zero-order valence-corrected chi connectivity index (χ0v) is 7.26. The smallest absolute Gasteiger partial charge is 0.247 e. The lowest BCUT2D eigenvalue weighted by Crippen LogP contribution is -2.19. The standard InChI is InChI=1S/C10H13NO/c1-3-10(12)11-9-6-4-5-8(2)7-9/h3,6-7H,1,4-5H2,2H3,(H,11,12). The molecular weight excluding hydrogens is 150 g/mol. The van der Waals surface area contributed by atoms with Crippen molar-refractivity contribution >= 4 is 5.91 Å². The average Bonchev–Trinajstić information content (AvgIpc) is 2.04. The number of rotatable bonds is 2. The number of carbonyl (C=O) groups excluding carboxylic acids is 1. The van der Waals surface area contributed by atoms with Crippen molar-refractivity contribution in [2.24, 2.45) is 0 Å². The molecule has 0 bridgehead atoms. The van der Waals surface area contributed by atoms with E-state index in [1.54, 1.807) is 0 Å². The highest BCUT2D eigenvalue weighted by atomic mass is 16.1. The van der Waals surface area contributed by atoms with E-state index < -0.39 is 0 Å². The monoisotopic (exact) mass is 163 g/mol. The number of carbonyl (C=O) groups is 1. The van der Waals surface area contributed by atoms with Crippen LogP contribution >= 0.6 is 0 Å². The molecule has 0 aromatic heterocycles. The summed E-state index contributed by atoms with van der Waals surface area (Å²) in [7, 11) is 0. The Morgan fingerprint density at radius 2 is 2.50 bits per heavy atom. The van der Waals surface area contributed by atoms with Crippen LogP contribution in [0.25, 0.3) is 0 Å². The van der Waals surface area contributed by atoms with Crippen LogP contribution < -0.4 is 5.32 Å². The van der Waals surface area contributed by atoms with Crippen LogP contribution in [-0.4, -0.2) is 5.91 Å². The summed E-state index contributed by atoms with van der Waals surface area (Å²) in [6.45, 7) is 5.45. The van der Waals surface area contributed by atoms with Crippen molar-refractivity contribution in [3.63, 3.8) is 0 Å². The molecule has 2 heteroatoms. The molecule has 0 fully saturated rings.